The molecule has 210 valence electrons. The number of primary amides is 1. The maximum absolute atomic E-state index is 14.1. The van der Waals surface area contributed by atoms with Crippen molar-refractivity contribution in [3.8, 4) is 17.2 Å². The van der Waals surface area contributed by atoms with Crippen LogP contribution in [0.5, 0.6) is 17.2 Å². The number of fused-ring (bicyclic) bond motifs is 4. The Hall–Kier alpha value is -3.89. The second kappa shape index (κ2) is 7.86. The number of hydrogen-bond donors (Lipinski definition) is 6. The van der Waals surface area contributed by atoms with Gasteiger partial charge in [0.15, 0.2) is 11.4 Å². The van der Waals surface area contributed by atoms with Gasteiger partial charge in [-0.25, -0.2) is 0 Å². The zero-order valence-electron chi connectivity index (χ0n) is 22.6. The van der Waals surface area contributed by atoms with Gasteiger partial charge in [-0.15, -0.1) is 0 Å². The summed E-state index contributed by atoms with van der Waals surface area (Å²) in [6, 6.07) is 1.38. The van der Waals surface area contributed by atoms with Crippen molar-refractivity contribution >= 4 is 28.2 Å². The summed E-state index contributed by atoms with van der Waals surface area (Å²) in [5.74, 6) is -6.94. The Balaban J connectivity index is 1.77. The number of phenols is 2. The molecule has 10 heteroatoms. The van der Waals surface area contributed by atoms with Gasteiger partial charge < -0.3 is 36.0 Å². The number of amides is 1. The third kappa shape index (κ3) is 2.73. The number of methoxy groups -OCH3 is 1. The fourth-order valence-electron chi connectivity index (χ4n) is 8.10. The summed E-state index contributed by atoms with van der Waals surface area (Å²) in [4.78, 5) is 38.8. The first-order valence-electron chi connectivity index (χ1n) is 13.2. The van der Waals surface area contributed by atoms with Crippen molar-refractivity contribution in [1.82, 2.24) is 0 Å². The molecule has 0 bridgehead atoms. The number of benzene rings is 2. The number of aliphatic hydroxyl groups is 3. The molecule has 0 radical (unpaired) electrons. The highest BCUT2D eigenvalue weighted by molar-refractivity contribution is 6.23. The zero-order chi connectivity index (χ0) is 29.3. The van der Waals surface area contributed by atoms with Crippen molar-refractivity contribution in [3.63, 3.8) is 0 Å². The minimum absolute atomic E-state index is 0.0211. The molecule has 2 aromatic rings. The number of hydrogen-bond acceptors (Lipinski definition) is 9. The molecule has 10 nitrogen and oxygen atoms in total. The van der Waals surface area contributed by atoms with Crippen LogP contribution in [0.2, 0.25) is 0 Å². The van der Waals surface area contributed by atoms with E-state index in [1.807, 2.05) is 6.92 Å². The van der Waals surface area contributed by atoms with Crippen LogP contribution in [0, 0.1) is 11.3 Å². The standard InChI is InChI=1S/C30H31NO9/c1-11-6-5-7-28(2,3)29(11)10-12-17-19(15(33)9-16(40-4)22(17)29)24(35)21-18(12)23(34)13-8-14(32)20(27(31)38)25(36)30(13,39)26(21)37/h6,9,13,23,33-36,39H,5,7-8,10H2,1-4H3,(H2,31,38)/t13-,23-,29+,30-/m1/s1. The number of aliphatic hydroxyl groups excluding tert-OH is 2. The van der Waals surface area contributed by atoms with Gasteiger partial charge in [-0.2, -0.15) is 0 Å². The number of carbonyl (C=O) groups is 3. The zero-order valence-corrected chi connectivity index (χ0v) is 22.6. The SMILES string of the molecule is COc1cc(O)c2c(O)c3c(c4c2c1[C@]1(C4)C(C)=CCCC1(C)C)[C@H](O)[C@H]1CC(=O)C(C(N)=O)=C(O)[C@@]1(O)C3=O. The summed E-state index contributed by atoms with van der Waals surface area (Å²) in [6.07, 6.45) is 1.73. The van der Waals surface area contributed by atoms with Crippen molar-refractivity contribution in [2.45, 2.75) is 63.6 Å². The van der Waals surface area contributed by atoms with Gasteiger partial charge in [-0.3, -0.25) is 14.4 Å². The van der Waals surface area contributed by atoms with Crippen LogP contribution in [0.25, 0.3) is 10.8 Å². The summed E-state index contributed by atoms with van der Waals surface area (Å²) in [5, 5.41) is 57.3. The van der Waals surface area contributed by atoms with Gasteiger partial charge in [-0.1, -0.05) is 25.5 Å². The third-order valence-electron chi connectivity index (χ3n) is 10.1. The lowest BCUT2D eigenvalue weighted by Crippen LogP contribution is -2.57. The van der Waals surface area contributed by atoms with Gasteiger partial charge in [0.05, 0.1) is 24.2 Å². The molecular formula is C30H31NO9. The van der Waals surface area contributed by atoms with E-state index >= 15 is 0 Å². The first-order chi connectivity index (χ1) is 18.7. The molecule has 40 heavy (non-hydrogen) atoms. The molecule has 2 aromatic carbocycles. The number of allylic oxidation sites excluding steroid dienone is 2. The van der Waals surface area contributed by atoms with Crippen molar-refractivity contribution in [1.29, 1.82) is 0 Å². The smallest absolute Gasteiger partial charge is 0.255 e. The molecule has 1 amide bonds. The van der Waals surface area contributed by atoms with Crippen molar-refractivity contribution < 1.29 is 44.7 Å². The quantitative estimate of drug-likeness (QED) is 0.242. The predicted molar refractivity (Wildman–Crippen MR) is 142 cm³/mol. The molecule has 0 aliphatic heterocycles. The lowest BCUT2D eigenvalue weighted by Gasteiger charge is -2.49. The Labute approximate surface area is 229 Å². The lowest BCUT2D eigenvalue weighted by molar-refractivity contribution is -0.129. The van der Waals surface area contributed by atoms with E-state index < -0.39 is 69.6 Å². The van der Waals surface area contributed by atoms with Gasteiger partial charge in [0, 0.05) is 34.8 Å². The number of carbonyl (C=O) groups excluding carboxylic acids is 3. The lowest BCUT2D eigenvalue weighted by atomic mass is 9.54. The van der Waals surface area contributed by atoms with Crippen molar-refractivity contribution in [2.75, 3.05) is 7.11 Å². The highest BCUT2D eigenvalue weighted by Crippen LogP contribution is 2.66. The van der Waals surface area contributed by atoms with Crippen molar-refractivity contribution in [3.05, 3.63) is 51.3 Å². The Morgan fingerprint density at radius 1 is 1.15 bits per heavy atom. The van der Waals surface area contributed by atoms with Crippen LogP contribution < -0.4 is 10.5 Å². The molecular weight excluding hydrogens is 518 g/mol. The maximum Gasteiger partial charge on any atom is 0.255 e. The Bertz CT molecular complexity index is 1670. The minimum atomic E-state index is -2.90. The maximum atomic E-state index is 14.1. The summed E-state index contributed by atoms with van der Waals surface area (Å²) < 4.78 is 5.76. The molecule has 0 saturated carbocycles. The Morgan fingerprint density at radius 2 is 1.82 bits per heavy atom. The molecule has 6 rings (SSSR count). The number of ketones is 2. The predicted octanol–water partition coefficient (Wildman–Crippen LogP) is 2.67. The number of ether oxygens (including phenoxy) is 1. The molecule has 4 aliphatic rings. The van der Waals surface area contributed by atoms with E-state index in [4.69, 9.17) is 10.5 Å². The molecule has 0 saturated heterocycles. The second-order valence-corrected chi connectivity index (χ2v) is 12.1. The number of aromatic hydroxyl groups is 2. The highest BCUT2D eigenvalue weighted by atomic mass is 16.5. The molecule has 0 fully saturated rings. The fourth-order valence-corrected chi connectivity index (χ4v) is 8.10. The normalized spacial score (nSPS) is 30.4. The van der Waals surface area contributed by atoms with Crippen LogP contribution in [0.4, 0.5) is 0 Å². The first kappa shape index (κ1) is 26.3. The first-order valence-corrected chi connectivity index (χ1v) is 13.2. The number of rotatable bonds is 2. The molecule has 1 spiro atoms. The van der Waals surface area contributed by atoms with E-state index in [9.17, 15) is 39.9 Å². The molecule has 4 aliphatic carbocycles. The summed E-state index contributed by atoms with van der Waals surface area (Å²) in [6.45, 7) is 6.24. The number of nitrogens with two attached hydrogens (primary N) is 1. The number of Topliss-reactive ketones (excluding diaryl/α,β-unsaturated/α-hetero) is 2. The van der Waals surface area contributed by atoms with E-state index in [0.29, 0.717) is 22.3 Å². The second-order valence-electron chi connectivity index (χ2n) is 12.1. The average molecular weight is 550 g/mol. The third-order valence-corrected chi connectivity index (χ3v) is 10.1. The van der Waals surface area contributed by atoms with Gasteiger partial charge in [-0.05, 0) is 42.7 Å². The Kier molecular flexibility index (Phi) is 5.17. The van der Waals surface area contributed by atoms with E-state index in [2.05, 4.69) is 19.9 Å². The Morgan fingerprint density at radius 3 is 2.42 bits per heavy atom. The van der Waals surface area contributed by atoms with E-state index in [-0.39, 0.29) is 28.5 Å². The van der Waals surface area contributed by atoms with E-state index in [0.717, 1.165) is 18.4 Å². The van der Waals surface area contributed by atoms with Crippen LogP contribution in [0.1, 0.15) is 73.2 Å². The molecule has 0 aromatic heterocycles. The van der Waals surface area contributed by atoms with Crippen LogP contribution in [-0.4, -0.2) is 55.7 Å². The van der Waals surface area contributed by atoms with Crippen LogP contribution in [0.15, 0.2) is 29.0 Å². The van der Waals surface area contributed by atoms with Crippen molar-refractivity contribution in [2.24, 2.45) is 17.1 Å². The molecule has 0 unspecified atom stereocenters. The van der Waals surface area contributed by atoms with E-state index in [1.54, 1.807) is 0 Å². The molecule has 4 atom stereocenters. The fraction of sp³-hybridized carbons (Fsp3) is 0.433. The topological polar surface area (TPSA) is 188 Å². The molecule has 0 heterocycles. The summed E-state index contributed by atoms with van der Waals surface area (Å²) >= 11 is 0. The van der Waals surface area contributed by atoms with Crippen LogP contribution in [0.3, 0.4) is 0 Å². The average Bonchev–Trinajstić information content (AvgIpc) is 3.23. The summed E-state index contributed by atoms with van der Waals surface area (Å²) in [7, 11) is 1.48. The van der Waals surface area contributed by atoms with Gasteiger partial charge >= 0.3 is 0 Å². The van der Waals surface area contributed by atoms with Gasteiger partial charge in [0.25, 0.3) is 5.91 Å². The van der Waals surface area contributed by atoms with E-state index in [1.165, 1.54) is 13.2 Å². The van der Waals surface area contributed by atoms with Gasteiger partial charge in [0.1, 0.15) is 28.6 Å². The molecule has 7 N–H and O–H groups in total. The highest BCUT2D eigenvalue weighted by Gasteiger charge is 2.63. The largest absolute Gasteiger partial charge is 0.508 e. The number of phenolic OH excluding ortho intramolecular Hbond substituents is 2. The van der Waals surface area contributed by atoms with Crippen LogP contribution in [-0.2, 0) is 21.4 Å². The monoisotopic (exact) mass is 549 g/mol. The minimum Gasteiger partial charge on any atom is -0.508 e. The summed E-state index contributed by atoms with van der Waals surface area (Å²) in [5.41, 5.74) is 2.16. The van der Waals surface area contributed by atoms with Crippen LogP contribution >= 0.6 is 0 Å². The van der Waals surface area contributed by atoms with Gasteiger partial charge in [0.2, 0.25) is 5.78 Å².